The highest BCUT2D eigenvalue weighted by Gasteiger charge is 2.03. The van der Waals surface area contributed by atoms with Crippen LogP contribution in [0, 0.1) is 0 Å². The van der Waals surface area contributed by atoms with Gasteiger partial charge in [0.05, 0.1) is 0 Å². The lowest BCUT2D eigenvalue weighted by molar-refractivity contribution is 0.475. The molecule has 25 heavy (non-hydrogen) atoms. The molecule has 0 radical (unpaired) electrons. The van der Waals surface area contributed by atoms with E-state index < -0.39 is 0 Å². The number of phenolic OH excluding ortho intramolecular Hbond substituents is 1. The molecule has 0 aliphatic carbocycles. The highest BCUT2D eigenvalue weighted by Crippen LogP contribution is 2.18. The van der Waals surface area contributed by atoms with Crippen molar-refractivity contribution < 1.29 is 5.11 Å². The second-order valence-electron chi connectivity index (χ2n) is 6.31. The highest BCUT2D eigenvalue weighted by atomic mass is 16.3. The van der Waals surface area contributed by atoms with E-state index in [1.165, 1.54) is 22.3 Å². The molecule has 0 aliphatic rings. The van der Waals surface area contributed by atoms with Gasteiger partial charge in [0.15, 0.2) is 0 Å². The summed E-state index contributed by atoms with van der Waals surface area (Å²) < 4.78 is 0. The Morgan fingerprint density at radius 1 is 0.640 bits per heavy atom. The third-order valence-electron chi connectivity index (χ3n) is 4.39. The SMILES string of the molecule is Oc1ccc(Cc2ccccc2CC/C=C\Cc2ccccc2)cc1. The first-order valence-corrected chi connectivity index (χ1v) is 8.85. The molecule has 0 fully saturated rings. The van der Waals surface area contributed by atoms with Crippen LogP contribution in [0.2, 0.25) is 0 Å². The lowest BCUT2D eigenvalue weighted by Gasteiger charge is -2.09. The standard InChI is InChI=1S/C24H24O/c25-24-17-15-21(16-18-24)19-23-14-8-7-13-22(23)12-6-2-5-11-20-9-3-1-4-10-20/h1-5,7-10,13-18,25H,6,11-12,19H2/b5-2-. The molecule has 126 valence electrons. The molecule has 0 spiro atoms. The third kappa shape index (κ3) is 5.36. The van der Waals surface area contributed by atoms with Gasteiger partial charge in [0.2, 0.25) is 0 Å². The van der Waals surface area contributed by atoms with Gasteiger partial charge in [-0.25, -0.2) is 0 Å². The minimum atomic E-state index is 0.320. The maximum atomic E-state index is 9.42. The Bertz CT molecular complexity index is 801. The fraction of sp³-hybridized carbons (Fsp3) is 0.167. The Hall–Kier alpha value is -2.80. The van der Waals surface area contributed by atoms with E-state index >= 15 is 0 Å². The van der Waals surface area contributed by atoms with Crippen molar-refractivity contribution in [3.8, 4) is 5.75 Å². The quantitative estimate of drug-likeness (QED) is 0.550. The summed E-state index contributed by atoms with van der Waals surface area (Å²) in [6.45, 7) is 0. The van der Waals surface area contributed by atoms with Gasteiger partial charge in [0.25, 0.3) is 0 Å². The van der Waals surface area contributed by atoms with E-state index in [-0.39, 0.29) is 0 Å². The Morgan fingerprint density at radius 3 is 2.08 bits per heavy atom. The van der Waals surface area contributed by atoms with Crippen LogP contribution in [0.25, 0.3) is 0 Å². The number of benzene rings is 3. The first kappa shape index (κ1) is 17.0. The lowest BCUT2D eigenvalue weighted by atomic mass is 9.97. The van der Waals surface area contributed by atoms with Crippen LogP contribution in [0.15, 0.2) is 91.0 Å². The zero-order valence-electron chi connectivity index (χ0n) is 14.4. The van der Waals surface area contributed by atoms with Gasteiger partial charge in [0, 0.05) is 0 Å². The minimum absolute atomic E-state index is 0.320. The van der Waals surface area contributed by atoms with E-state index in [1.807, 2.05) is 12.1 Å². The monoisotopic (exact) mass is 328 g/mol. The van der Waals surface area contributed by atoms with Crippen LogP contribution in [0.5, 0.6) is 5.75 Å². The topological polar surface area (TPSA) is 20.2 Å². The number of rotatable bonds is 7. The van der Waals surface area contributed by atoms with Crippen molar-refractivity contribution in [3.05, 3.63) is 113 Å². The van der Waals surface area contributed by atoms with Crippen LogP contribution in [-0.4, -0.2) is 5.11 Å². The highest BCUT2D eigenvalue weighted by molar-refractivity contribution is 5.35. The number of allylic oxidation sites excluding steroid dienone is 2. The molecule has 3 rings (SSSR count). The third-order valence-corrected chi connectivity index (χ3v) is 4.39. The molecule has 0 saturated carbocycles. The predicted molar refractivity (Wildman–Crippen MR) is 105 cm³/mol. The molecule has 0 saturated heterocycles. The van der Waals surface area contributed by atoms with Gasteiger partial charge in [0.1, 0.15) is 5.75 Å². The van der Waals surface area contributed by atoms with Crippen LogP contribution in [0.1, 0.15) is 28.7 Å². The molecule has 1 nitrogen and oxygen atoms in total. The van der Waals surface area contributed by atoms with Crippen LogP contribution < -0.4 is 0 Å². The Morgan fingerprint density at radius 2 is 1.32 bits per heavy atom. The van der Waals surface area contributed by atoms with Gasteiger partial charge in [-0.1, -0.05) is 78.9 Å². The smallest absolute Gasteiger partial charge is 0.115 e. The van der Waals surface area contributed by atoms with Crippen molar-refractivity contribution in [2.24, 2.45) is 0 Å². The molecule has 0 bridgehead atoms. The predicted octanol–water partition coefficient (Wildman–Crippen LogP) is 5.71. The average molecular weight is 328 g/mol. The van der Waals surface area contributed by atoms with Gasteiger partial charge < -0.3 is 5.11 Å². The normalized spacial score (nSPS) is 11.0. The minimum Gasteiger partial charge on any atom is -0.508 e. The van der Waals surface area contributed by atoms with E-state index in [0.717, 1.165) is 25.7 Å². The second-order valence-corrected chi connectivity index (χ2v) is 6.31. The number of aromatic hydroxyl groups is 1. The molecule has 0 heterocycles. The molecule has 1 heteroatoms. The van der Waals surface area contributed by atoms with E-state index in [0.29, 0.717) is 5.75 Å². The number of hydrogen-bond acceptors (Lipinski definition) is 1. The molecule has 0 amide bonds. The Balaban J connectivity index is 1.56. The van der Waals surface area contributed by atoms with E-state index in [9.17, 15) is 5.11 Å². The summed E-state index contributed by atoms with van der Waals surface area (Å²) in [5, 5.41) is 9.42. The summed E-state index contributed by atoms with van der Waals surface area (Å²) in [6.07, 6.45) is 8.56. The molecule has 0 aromatic heterocycles. The number of aryl methyl sites for hydroxylation is 1. The molecule has 3 aromatic rings. The molecule has 0 atom stereocenters. The summed E-state index contributed by atoms with van der Waals surface area (Å²) in [4.78, 5) is 0. The summed E-state index contributed by atoms with van der Waals surface area (Å²) in [5.41, 5.74) is 5.35. The largest absolute Gasteiger partial charge is 0.508 e. The maximum Gasteiger partial charge on any atom is 0.115 e. The molecule has 0 unspecified atom stereocenters. The van der Waals surface area contributed by atoms with Gasteiger partial charge in [-0.2, -0.15) is 0 Å². The van der Waals surface area contributed by atoms with Crippen molar-refractivity contribution in [2.45, 2.75) is 25.7 Å². The van der Waals surface area contributed by atoms with Gasteiger partial charge >= 0.3 is 0 Å². The van der Waals surface area contributed by atoms with E-state index in [4.69, 9.17) is 0 Å². The Kier molecular flexibility index (Phi) is 6.06. The van der Waals surface area contributed by atoms with Crippen LogP contribution in [0.4, 0.5) is 0 Å². The summed E-state index contributed by atoms with van der Waals surface area (Å²) in [6, 6.07) is 26.7. The summed E-state index contributed by atoms with van der Waals surface area (Å²) in [5.74, 6) is 0.320. The molecular weight excluding hydrogens is 304 g/mol. The van der Waals surface area contributed by atoms with Crippen molar-refractivity contribution in [1.82, 2.24) is 0 Å². The maximum absolute atomic E-state index is 9.42. The van der Waals surface area contributed by atoms with Crippen molar-refractivity contribution in [3.63, 3.8) is 0 Å². The first-order chi connectivity index (χ1) is 12.3. The lowest BCUT2D eigenvalue weighted by Crippen LogP contribution is -1.95. The number of hydrogen-bond donors (Lipinski definition) is 1. The van der Waals surface area contributed by atoms with Gasteiger partial charge in [-0.05, 0) is 60.1 Å². The zero-order chi connectivity index (χ0) is 17.3. The zero-order valence-corrected chi connectivity index (χ0v) is 14.4. The number of phenols is 1. The van der Waals surface area contributed by atoms with E-state index in [1.54, 1.807) is 12.1 Å². The van der Waals surface area contributed by atoms with Crippen LogP contribution in [-0.2, 0) is 19.3 Å². The van der Waals surface area contributed by atoms with Gasteiger partial charge in [-0.3, -0.25) is 0 Å². The van der Waals surface area contributed by atoms with Crippen LogP contribution >= 0.6 is 0 Å². The summed E-state index contributed by atoms with van der Waals surface area (Å²) in [7, 11) is 0. The second kappa shape index (κ2) is 8.89. The fourth-order valence-electron chi connectivity index (χ4n) is 3.00. The average Bonchev–Trinajstić information content (AvgIpc) is 2.65. The molecular formula is C24H24O. The van der Waals surface area contributed by atoms with Gasteiger partial charge in [-0.15, -0.1) is 0 Å². The van der Waals surface area contributed by atoms with Crippen molar-refractivity contribution in [2.75, 3.05) is 0 Å². The molecule has 1 N–H and O–H groups in total. The Labute approximate surface area is 150 Å². The fourth-order valence-corrected chi connectivity index (χ4v) is 3.00. The van der Waals surface area contributed by atoms with Crippen LogP contribution in [0.3, 0.4) is 0 Å². The van der Waals surface area contributed by atoms with E-state index in [2.05, 4.69) is 66.7 Å². The van der Waals surface area contributed by atoms with Crippen molar-refractivity contribution in [1.29, 1.82) is 0 Å². The van der Waals surface area contributed by atoms with Crippen molar-refractivity contribution >= 4 is 0 Å². The molecule has 3 aromatic carbocycles. The first-order valence-electron chi connectivity index (χ1n) is 8.85. The summed E-state index contributed by atoms with van der Waals surface area (Å²) >= 11 is 0. The molecule has 0 aliphatic heterocycles.